The van der Waals surface area contributed by atoms with Crippen molar-refractivity contribution in [2.75, 3.05) is 0 Å². The predicted molar refractivity (Wildman–Crippen MR) is 80.1 cm³/mol. The average molecular weight is 391 g/mol. The number of imidazole rings is 1. The molecule has 0 saturated carbocycles. The second-order valence-electron chi connectivity index (χ2n) is 4.10. The fraction of sp³-hybridized carbons (Fsp3) is 0.167. The van der Waals surface area contributed by atoms with E-state index in [1.165, 1.54) is 6.07 Å². The molecule has 7 heteroatoms. The van der Waals surface area contributed by atoms with Crippen LogP contribution < -0.4 is 0 Å². The van der Waals surface area contributed by atoms with Crippen molar-refractivity contribution in [1.29, 1.82) is 0 Å². The monoisotopic (exact) mass is 390 g/mol. The zero-order valence-corrected chi connectivity index (χ0v) is 12.9. The van der Waals surface area contributed by atoms with Gasteiger partial charge in [0, 0.05) is 25.4 Å². The smallest absolute Gasteiger partial charge is 0.160 e. The van der Waals surface area contributed by atoms with E-state index >= 15 is 0 Å². The maximum atomic E-state index is 13.8. The SMILES string of the molecule is Cn1ccc(-n2c(CCl)nc3cc(I)c(F)cc32)n1. The highest BCUT2D eigenvalue weighted by Gasteiger charge is 2.15. The number of fused-ring (bicyclic) bond motifs is 1. The summed E-state index contributed by atoms with van der Waals surface area (Å²) < 4.78 is 17.8. The van der Waals surface area contributed by atoms with Crippen molar-refractivity contribution in [1.82, 2.24) is 19.3 Å². The molecule has 3 rings (SSSR count). The zero-order chi connectivity index (χ0) is 13.6. The van der Waals surface area contributed by atoms with Crippen LogP contribution in [0.3, 0.4) is 0 Å². The summed E-state index contributed by atoms with van der Waals surface area (Å²) >= 11 is 7.87. The van der Waals surface area contributed by atoms with Crippen molar-refractivity contribution in [3.05, 3.63) is 39.6 Å². The minimum Gasteiger partial charge on any atom is -0.278 e. The molecule has 0 saturated heterocycles. The molecule has 0 unspecified atom stereocenters. The van der Waals surface area contributed by atoms with E-state index in [1.54, 1.807) is 15.3 Å². The minimum atomic E-state index is -0.272. The van der Waals surface area contributed by atoms with E-state index in [4.69, 9.17) is 11.6 Å². The van der Waals surface area contributed by atoms with Gasteiger partial charge >= 0.3 is 0 Å². The molecule has 0 aliphatic rings. The van der Waals surface area contributed by atoms with Crippen molar-refractivity contribution >= 4 is 45.2 Å². The number of benzene rings is 1. The van der Waals surface area contributed by atoms with Gasteiger partial charge in [0.2, 0.25) is 0 Å². The fourth-order valence-corrected chi connectivity index (χ4v) is 2.62. The summed E-state index contributed by atoms with van der Waals surface area (Å²) in [6.07, 6.45) is 1.82. The van der Waals surface area contributed by atoms with E-state index in [9.17, 15) is 4.39 Å². The molecule has 4 nitrogen and oxygen atoms in total. The maximum Gasteiger partial charge on any atom is 0.160 e. The van der Waals surface area contributed by atoms with E-state index in [1.807, 2.05) is 41.9 Å². The topological polar surface area (TPSA) is 35.6 Å². The molecule has 19 heavy (non-hydrogen) atoms. The van der Waals surface area contributed by atoms with Crippen LogP contribution in [-0.2, 0) is 12.9 Å². The normalized spacial score (nSPS) is 11.4. The third-order valence-electron chi connectivity index (χ3n) is 2.81. The van der Waals surface area contributed by atoms with Crippen molar-refractivity contribution in [3.63, 3.8) is 0 Å². The lowest BCUT2D eigenvalue weighted by atomic mass is 10.3. The molecule has 0 atom stereocenters. The molecule has 0 fully saturated rings. The fourth-order valence-electron chi connectivity index (χ4n) is 1.99. The van der Waals surface area contributed by atoms with E-state index in [-0.39, 0.29) is 11.7 Å². The van der Waals surface area contributed by atoms with Crippen molar-refractivity contribution < 1.29 is 4.39 Å². The summed E-state index contributed by atoms with van der Waals surface area (Å²) in [5.41, 5.74) is 1.39. The van der Waals surface area contributed by atoms with Gasteiger partial charge in [-0.05, 0) is 28.7 Å². The van der Waals surface area contributed by atoms with Gasteiger partial charge in [-0.3, -0.25) is 9.25 Å². The molecular formula is C12H9ClFIN4. The Balaban J connectivity index is 2.35. The first-order valence-electron chi connectivity index (χ1n) is 5.52. The zero-order valence-electron chi connectivity index (χ0n) is 9.94. The van der Waals surface area contributed by atoms with Crippen molar-refractivity contribution in [2.24, 2.45) is 7.05 Å². The summed E-state index contributed by atoms with van der Waals surface area (Å²) in [5, 5.41) is 4.32. The van der Waals surface area contributed by atoms with Gasteiger partial charge in [-0.1, -0.05) is 0 Å². The van der Waals surface area contributed by atoms with E-state index in [0.717, 1.165) is 0 Å². The Hall–Kier alpha value is -1.15. The Kier molecular flexibility index (Phi) is 3.22. The summed E-state index contributed by atoms with van der Waals surface area (Å²) in [7, 11) is 1.83. The third kappa shape index (κ3) is 2.12. The Morgan fingerprint density at radius 3 is 2.84 bits per heavy atom. The number of hydrogen-bond acceptors (Lipinski definition) is 2. The van der Waals surface area contributed by atoms with E-state index in [0.29, 0.717) is 26.2 Å². The van der Waals surface area contributed by atoms with Crippen LogP contribution in [0.4, 0.5) is 4.39 Å². The third-order valence-corrected chi connectivity index (χ3v) is 3.88. The molecule has 0 radical (unpaired) electrons. The number of aryl methyl sites for hydroxylation is 1. The molecule has 0 spiro atoms. The summed E-state index contributed by atoms with van der Waals surface area (Å²) in [6, 6.07) is 5.02. The Morgan fingerprint density at radius 1 is 1.42 bits per heavy atom. The summed E-state index contributed by atoms with van der Waals surface area (Å²) in [4.78, 5) is 4.43. The Morgan fingerprint density at radius 2 is 2.21 bits per heavy atom. The van der Waals surface area contributed by atoms with Crippen LogP contribution in [0.15, 0.2) is 24.4 Å². The molecule has 0 aliphatic heterocycles. The molecule has 2 aromatic heterocycles. The summed E-state index contributed by atoms with van der Waals surface area (Å²) in [6.45, 7) is 0. The van der Waals surface area contributed by atoms with Crippen LogP contribution >= 0.6 is 34.2 Å². The lowest BCUT2D eigenvalue weighted by Crippen LogP contribution is -2.01. The number of hydrogen-bond donors (Lipinski definition) is 0. The molecule has 3 aromatic rings. The van der Waals surface area contributed by atoms with Gasteiger partial charge in [0.25, 0.3) is 0 Å². The molecule has 0 aliphatic carbocycles. The second kappa shape index (κ2) is 4.75. The van der Waals surface area contributed by atoms with Crippen LogP contribution in [0.2, 0.25) is 0 Å². The standard InChI is InChI=1S/C12H9ClFIN4/c1-18-3-2-11(17-18)19-10-4-7(14)8(15)5-9(10)16-12(19)6-13/h2-5H,6H2,1H3. The lowest BCUT2D eigenvalue weighted by Gasteiger charge is -2.03. The van der Waals surface area contributed by atoms with E-state index < -0.39 is 0 Å². The number of aromatic nitrogens is 4. The Bertz CT molecular complexity index is 765. The lowest BCUT2D eigenvalue weighted by molar-refractivity contribution is 0.621. The van der Waals surface area contributed by atoms with Crippen LogP contribution in [0.1, 0.15) is 5.82 Å². The van der Waals surface area contributed by atoms with Gasteiger partial charge in [0.15, 0.2) is 5.82 Å². The Labute approximate surface area is 127 Å². The second-order valence-corrected chi connectivity index (χ2v) is 5.53. The number of nitrogens with zero attached hydrogens (tertiary/aromatic N) is 4. The highest BCUT2D eigenvalue weighted by molar-refractivity contribution is 14.1. The van der Waals surface area contributed by atoms with Crippen LogP contribution in [-0.4, -0.2) is 19.3 Å². The maximum absolute atomic E-state index is 13.8. The molecule has 0 N–H and O–H groups in total. The molecule has 0 bridgehead atoms. The van der Waals surface area contributed by atoms with Gasteiger partial charge in [0.05, 0.1) is 20.5 Å². The van der Waals surface area contributed by atoms with Crippen LogP contribution in [0.25, 0.3) is 16.9 Å². The largest absolute Gasteiger partial charge is 0.278 e. The first-order chi connectivity index (χ1) is 9.10. The van der Waals surface area contributed by atoms with Gasteiger partial charge in [-0.15, -0.1) is 11.6 Å². The quantitative estimate of drug-likeness (QED) is 0.497. The molecule has 0 amide bonds. The van der Waals surface area contributed by atoms with Crippen molar-refractivity contribution in [2.45, 2.75) is 5.88 Å². The molecular weight excluding hydrogens is 382 g/mol. The molecule has 2 heterocycles. The first-order valence-corrected chi connectivity index (χ1v) is 7.14. The number of alkyl halides is 1. The minimum absolute atomic E-state index is 0.240. The number of halogens is 3. The van der Waals surface area contributed by atoms with Gasteiger partial charge in [-0.25, -0.2) is 9.37 Å². The van der Waals surface area contributed by atoms with Gasteiger partial charge < -0.3 is 0 Å². The highest BCUT2D eigenvalue weighted by Crippen LogP contribution is 2.25. The highest BCUT2D eigenvalue weighted by atomic mass is 127. The summed E-state index contributed by atoms with van der Waals surface area (Å²) in [5.74, 6) is 1.30. The van der Waals surface area contributed by atoms with Crippen LogP contribution in [0.5, 0.6) is 0 Å². The molecule has 98 valence electrons. The average Bonchev–Trinajstić information content (AvgIpc) is 2.93. The number of rotatable bonds is 2. The van der Waals surface area contributed by atoms with Gasteiger partial charge in [-0.2, -0.15) is 5.10 Å². The first kappa shape index (κ1) is 12.9. The van der Waals surface area contributed by atoms with Gasteiger partial charge in [0.1, 0.15) is 11.6 Å². The predicted octanol–water partition coefficient (Wildman–Crippen LogP) is 3.24. The molecule has 1 aromatic carbocycles. The van der Waals surface area contributed by atoms with Crippen molar-refractivity contribution in [3.8, 4) is 5.82 Å². The van der Waals surface area contributed by atoms with E-state index in [2.05, 4.69) is 10.1 Å². The van der Waals surface area contributed by atoms with Crippen LogP contribution in [0, 0.1) is 9.39 Å².